The zero-order valence-electron chi connectivity index (χ0n) is 25.2. The lowest BCUT2D eigenvalue weighted by Crippen LogP contribution is -2.39. The predicted molar refractivity (Wildman–Crippen MR) is 158 cm³/mol. The van der Waals surface area contributed by atoms with E-state index in [1.165, 1.54) is 12.2 Å². The van der Waals surface area contributed by atoms with Crippen molar-refractivity contribution in [1.82, 2.24) is 0 Å². The number of carbonyl (C=O) groups excluding carboxylic acids is 3. The fraction of sp³-hybridized carbons (Fsp3) is 0.606. The Morgan fingerprint density at radius 3 is 2.39 bits per heavy atom. The van der Waals surface area contributed by atoms with Crippen LogP contribution in [0.5, 0.6) is 0 Å². The molecule has 0 aromatic rings. The van der Waals surface area contributed by atoms with E-state index in [2.05, 4.69) is 0 Å². The van der Waals surface area contributed by atoms with E-state index in [-0.39, 0.29) is 36.1 Å². The highest BCUT2D eigenvalue weighted by Gasteiger charge is 2.37. The highest BCUT2D eigenvalue weighted by atomic mass is 16.5. The monoisotopic (exact) mass is 572 g/mol. The molecule has 0 radical (unpaired) electrons. The maximum absolute atomic E-state index is 13.1. The summed E-state index contributed by atoms with van der Waals surface area (Å²) in [6.45, 7) is 10.7. The number of aliphatic hydroxyl groups is 4. The lowest BCUT2D eigenvalue weighted by atomic mass is 9.84. The molecule has 228 valence electrons. The maximum atomic E-state index is 13.1. The highest BCUT2D eigenvalue weighted by molar-refractivity contribution is 5.94. The summed E-state index contributed by atoms with van der Waals surface area (Å²) in [5, 5.41) is 42.9. The average molecular weight is 573 g/mol. The van der Waals surface area contributed by atoms with Crippen LogP contribution in [0.3, 0.4) is 0 Å². The number of ether oxygens (including phenoxy) is 1. The molecule has 2 bridgehead atoms. The second-order valence-electron chi connectivity index (χ2n) is 11.7. The smallest absolute Gasteiger partial charge is 0.309 e. The van der Waals surface area contributed by atoms with Crippen molar-refractivity contribution in [2.24, 2.45) is 23.7 Å². The van der Waals surface area contributed by atoms with Crippen molar-refractivity contribution in [2.45, 2.75) is 104 Å². The van der Waals surface area contributed by atoms with Gasteiger partial charge in [0, 0.05) is 25.2 Å². The van der Waals surface area contributed by atoms with Crippen LogP contribution in [-0.2, 0) is 19.1 Å². The lowest BCUT2D eigenvalue weighted by Gasteiger charge is -2.32. The fourth-order valence-corrected chi connectivity index (χ4v) is 5.32. The first-order valence-electron chi connectivity index (χ1n) is 14.7. The number of rotatable bonds is 6. The van der Waals surface area contributed by atoms with Crippen molar-refractivity contribution in [1.29, 1.82) is 0 Å². The molecule has 1 heterocycles. The molecule has 4 N–H and O–H groups in total. The van der Waals surface area contributed by atoms with Gasteiger partial charge in [-0.25, -0.2) is 0 Å². The molecule has 2 aliphatic rings. The first kappa shape index (κ1) is 34.4. The van der Waals surface area contributed by atoms with Gasteiger partial charge in [0.25, 0.3) is 0 Å². The van der Waals surface area contributed by atoms with Crippen LogP contribution in [0.25, 0.3) is 0 Å². The predicted octanol–water partition coefficient (Wildman–Crippen LogP) is 4.85. The van der Waals surface area contributed by atoms with E-state index >= 15 is 0 Å². The fourth-order valence-electron chi connectivity index (χ4n) is 5.32. The van der Waals surface area contributed by atoms with Crippen LogP contribution in [0, 0.1) is 23.7 Å². The van der Waals surface area contributed by atoms with Crippen LogP contribution in [0.2, 0.25) is 0 Å². The Hall–Kier alpha value is -2.81. The van der Waals surface area contributed by atoms with Crippen LogP contribution in [-0.4, -0.2) is 62.4 Å². The van der Waals surface area contributed by atoms with Crippen molar-refractivity contribution in [3.8, 4) is 0 Å². The summed E-state index contributed by atoms with van der Waals surface area (Å²) in [5.41, 5.74) is 1.77. The molecule has 0 aromatic heterocycles. The summed E-state index contributed by atoms with van der Waals surface area (Å²) in [6.07, 6.45) is 7.51. The quantitative estimate of drug-likeness (QED) is 0.262. The molecule has 2 rings (SSSR count). The summed E-state index contributed by atoms with van der Waals surface area (Å²) in [4.78, 5) is 38.1. The van der Waals surface area contributed by atoms with Gasteiger partial charge in [0.1, 0.15) is 17.6 Å². The number of allylic oxidation sites excluding steroid dienone is 5. The van der Waals surface area contributed by atoms with Gasteiger partial charge in [-0.1, -0.05) is 56.7 Å². The molecule has 1 aliphatic heterocycles. The Kier molecular flexibility index (Phi) is 13.4. The maximum Gasteiger partial charge on any atom is 0.309 e. The molecule has 8 atom stereocenters. The molecule has 1 aliphatic carbocycles. The molecule has 0 saturated heterocycles. The van der Waals surface area contributed by atoms with E-state index in [1.807, 2.05) is 13.8 Å². The van der Waals surface area contributed by atoms with E-state index in [0.717, 1.165) is 6.42 Å². The van der Waals surface area contributed by atoms with E-state index in [1.54, 1.807) is 52.0 Å². The molecule has 41 heavy (non-hydrogen) atoms. The number of ketones is 2. The summed E-state index contributed by atoms with van der Waals surface area (Å²) < 4.78 is 5.84. The second kappa shape index (κ2) is 16.0. The molecule has 0 fully saturated rings. The zero-order valence-corrected chi connectivity index (χ0v) is 25.2. The van der Waals surface area contributed by atoms with Crippen molar-refractivity contribution in [3.05, 3.63) is 58.9 Å². The van der Waals surface area contributed by atoms with Gasteiger partial charge in [-0.2, -0.15) is 0 Å². The Bertz CT molecular complexity index is 1090. The normalized spacial score (nSPS) is 35.5. The minimum atomic E-state index is -1.11. The van der Waals surface area contributed by atoms with Crippen LogP contribution in [0.15, 0.2) is 58.9 Å². The number of carbonyl (C=O) groups is 3. The van der Waals surface area contributed by atoms with E-state index in [9.17, 15) is 34.8 Å². The van der Waals surface area contributed by atoms with Gasteiger partial charge in [0.15, 0.2) is 5.78 Å². The Morgan fingerprint density at radius 2 is 1.73 bits per heavy atom. The van der Waals surface area contributed by atoms with Gasteiger partial charge in [0.2, 0.25) is 0 Å². The number of Topliss-reactive ketones (excluding diaryl/α,β-unsaturated/α-hetero) is 2. The summed E-state index contributed by atoms with van der Waals surface area (Å²) in [6, 6.07) is 0. The standard InChI is InChI=1S/C33H48O8/c1-7-8-24(34)12-10-21(4)33-23(6)29(37)18-25(35)13-15-27-31(39)22(5)26(32(27)40)14-9-19(2)17-28(36)20(3)11-16-30(38)41-33/h9,11,13-15,17,21,23,25-29,33,35-37,39H,7-8,10,12,16,18H2,1-6H3/b14-9+,15-13+,19-17-,20-11-. The number of esters is 1. The SMILES string of the molecule is CCCC(=O)CCC(C)C1OC(=O)C/C=C(/C)C(O)/C=C(C)\C=C\C2C(=O)C(/C=C/C(O)CC(O)C1C)C(O)=C2C. The lowest BCUT2D eigenvalue weighted by molar-refractivity contribution is -0.157. The van der Waals surface area contributed by atoms with E-state index in [0.29, 0.717) is 36.0 Å². The van der Waals surface area contributed by atoms with Gasteiger partial charge in [-0.05, 0) is 56.8 Å². The van der Waals surface area contributed by atoms with E-state index < -0.39 is 48.1 Å². The van der Waals surface area contributed by atoms with Gasteiger partial charge in [-0.3, -0.25) is 14.4 Å². The highest BCUT2D eigenvalue weighted by Crippen LogP contribution is 2.34. The summed E-state index contributed by atoms with van der Waals surface area (Å²) in [5.74, 6) is -3.03. The van der Waals surface area contributed by atoms with Gasteiger partial charge >= 0.3 is 5.97 Å². The largest absolute Gasteiger partial charge is 0.511 e. The third kappa shape index (κ3) is 9.90. The van der Waals surface area contributed by atoms with Crippen molar-refractivity contribution >= 4 is 17.5 Å². The summed E-state index contributed by atoms with van der Waals surface area (Å²) in [7, 11) is 0. The Balaban J connectivity index is 2.40. The van der Waals surface area contributed by atoms with Crippen LogP contribution in [0.4, 0.5) is 0 Å². The molecule has 0 spiro atoms. The summed E-state index contributed by atoms with van der Waals surface area (Å²) >= 11 is 0. The van der Waals surface area contributed by atoms with Gasteiger partial charge < -0.3 is 25.2 Å². The Morgan fingerprint density at radius 1 is 1.05 bits per heavy atom. The van der Waals surface area contributed by atoms with Crippen LogP contribution in [0.1, 0.15) is 80.1 Å². The molecule has 8 heteroatoms. The van der Waals surface area contributed by atoms with Gasteiger partial charge in [0.05, 0.1) is 36.6 Å². The van der Waals surface area contributed by atoms with Crippen LogP contribution < -0.4 is 0 Å². The molecule has 0 aromatic carbocycles. The molecule has 0 saturated carbocycles. The number of aliphatic hydroxyl groups excluding tert-OH is 4. The minimum Gasteiger partial charge on any atom is -0.511 e. The molecule has 8 nitrogen and oxygen atoms in total. The number of fused-ring (bicyclic) bond motifs is 2. The average Bonchev–Trinajstić information content (AvgIpc) is 3.12. The Labute approximate surface area is 244 Å². The molecule has 0 amide bonds. The topological polar surface area (TPSA) is 141 Å². The third-order valence-corrected chi connectivity index (χ3v) is 8.18. The van der Waals surface area contributed by atoms with E-state index in [4.69, 9.17) is 4.74 Å². The van der Waals surface area contributed by atoms with Crippen LogP contribution >= 0.6 is 0 Å². The first-order chi connectivity index (χ1) is 19.3. The molecule has 8 unspecified atom stereocenters. The van der Waals surface area contributed by atoms with Crippen molar-refractivity contribution < 1.29 is 39.5 Å². The van der Waals surface area contributed by atoms with Crippen molar-refractivity contribution in [3.63, 3.8) is 0 Å². The zero-order chi connectivity index (χ0) is 30.9. The van der Waals surface area contributed by atoms with Gasteiger partial charge in [-0.15, -0.1) is 0 Å². The number of hydrogen-bond acceptors (Lipinski definition) is 8. The number of cyclic esters (lactones) is 1. The number of hydrogen-bond donors (Lipinski definition) is 4. The van der Waals surface area contributed by atoms with Crippen molar-refractivity contribution in [2.75, 3.05) is 0 Å². The first-order valence-corrected chi connectivity index (χ1v) is 14.7. The third-order valence-electron chi connectivity index (χ3n) is 8.18. The molecular weight excluding hydrogens is 524 g/mol. The molecular formula is C33H48O8. The minimum absolute atomic E-state index is 0.0632. The second-order valence-corrected chi connectivity index (χ2v) is 11.7.